The van der Waals surface area contributed by atoms with Crippen LogP contribution in [0, 0.1) is 0 Å². The summed E-state index contributed by atoms with van der Waals surface area (Å²) in [6.45, 7) is 0.462. The number of alkyl halides is 3. The number of halogens is 3. The van der Waals surface area contributed by atoms with Crippen molar-refractivity contribution < 1.29 is 18.0 Å². The smallest absolute Gasteiger partial charge is 0.364 e. The maximum absolute atomic E-state index is 12.7. The summed E-state index contributed by atoms with van der Waals surface area (Å²) in [4.78, 5) is 15.4. The number of carbonyl (C=O) groups is 1. The predicted octanol–water partition coefficient (Wildman–Crippen LogP) is 4.93. The van der Waals surface area contributed by atoms with Gasteiger partial charge in [0.2, 0.25) is 0 Å². The largest absolute Gasteiger partial charge is 0.416 e. The second-order valence-electron chi connectivity index (χ2n) is 6.31. The second-order valence-corrected chi connectivity index (χ2v) is 7.17. The molecule has 2 heterocycles. The van der Waals surface area contributed by atoms with Crippen LogP contribution in [0.4, 0.5) is 13.2 Å². The van der Waals surface area contributed by atoms with Gasteiger partial charge in [0.05, 0.1) is 5.56 Å². The minimum atomic E-state index is -4.33. The molecule has 0 atom stereocenters. The summed E-state index contributed by atoms with van der Waals surface area (Å²) in [6.07, 6.45) is -2.44. The molecule has 4 aromatic rings. The molecule has 0 saturated heterocycles. The molecule has 0 aliphatic heterocycles. The third-order valence-electron chi connectivity index (χ3n) is 4.41. The van der Waals surface area contributed by atoms with E-state index in [2.05, 4.69) is 4.98 Å². The van der Waals surface area contributed by atoms with E-state index >= 15 is 0 Å². The van der Waals surface area contributed by atoms with Crippen LogP contribution in [0.25, 0.3) is 21.5 Å². The number of rotatable bonds is 4. The Morgan fingerprint density at radius 1 is 1.11 bits per heavy atom. The summed E-state index contributed by atoms with van der Waals surface area (Å²) in [7, 11) is 0. The fraction of sp³-hybridized carbons (Fsp3) is 0.100. The molecule has 0 unspecified atom stereocenters. The Morgan fingerprint density at radius 2 is 1.86 bits per heavy atom. The number of amides is 1. The van der Waals surface area contributed by atoms with Crippen molar-refractivity contribution in [3.63, 3.8) is 0 Å². The summed E-state index contributed by atoms with van der Waals surface area (Å²) in [6, 6.07) is 12.9. The third-order valence-corrected chi connectivity index (χ3v) is 5.30. The molecule has 0 radical (unpaired) electrons. The topological polar surface area (TPSA) is 60.9 Å². The molecular weight excluding hydrogens is 387 g/mol. The van der Waals surface area contributed by atoms with Crippen molar-refractivity contribution in [1.29, 1.82) is 0 Å². The van der Waals surface area contributed by atoms with Crippen molar-refractivity contribution in [1.82, 2.24) is 9.55 Å². The fourth-order valence-corrected chi connectivity index (χ4v) is 3.79. The molecular formula is C20H14F3N3OS. The number of hydrogen-bond acceptors (Lipinski definition) is 3. The van der Waals surface area contributed by atoms with Gasteiger partial charge in [-0.2, -0.15) is 13.2 Å². The molecule has 1 amide bonds. The van der Waals surface area contributed by atoms with E-state index in [0.29, 0.717) is 11.6 Å². The van der Waals surface area contributed by atoms with Gasteiger partial charge < -0.3 is 10.3 Å². The molecule has 0 spiro atoms. The van der Waals surface area contributed by atoms with E-state index in [-0.39, 0.29) is 5.69 Å². The van der Waals surface area contributed by atoms with Crippen molar-refractivity contribution in [2.24, 2.45) is 5.73 Å². The van der Waals surface area contributed by atoms with Gasteiger partial charge in [-0.15, -0.1) is 11.3 Å². The van der Waals surface area contributed by atoms with Crippen LogP contribution in [0.3, 0.4) is 0 Å². The van der Waals surface area contributed by atoms with Crippen LogP contribution in [0.2, 0.25) is 0 Å². The van der Waals surface area contributed by atoms with Gasteiger partial charge in [0.15, 0.2) is 0 Å². The first-order chi connectivity index (χ1) is 13.3. The number of carbonyl (C=O) groups excluding carboxylic acids is 1. The summed E-state index contributed by atoms with van der Waals surface area (Å²) in [5, 5.41) is 3.30. The lowest BCUT2D eigenvalue weighted by Crippen LogP contribution is -2.10. The highest BCUT2D eigenvalue weighted by Crippen LogP contribution is 2.30. The van der Waals surface area contributed by atoms with Gasteiger partial charge in [0.1, 0.15) is 10.7 Å². The minimum absolute atomic E-state index is 0.236. The van der Waals surface area contributed by atoms with Crippen LogP contribution < -0.4 is 5.73 Å². The molecule has 28 heavy (non-hydrogen) atoms. The SMILES string of the molecule is NC(=O)c1csc(-c2ccc3c(ccn3Cc3ccc(C(F)(F)F)cc3)c2)n1. The lowest BCUT2D eigenvalue weighted by atomic mass is 10.1. The highest BCUT2D eigenvalue weighted by molar-refractivity contribution is 7.13. The van der Waals surface area contributed by atoms with Crippen LogP contribution in [-0.4, -0.2) is 15.5 Å². The molecule has 2 N–H and O–H groups in total. The van der Waals surface area contributed by atoms with Crippen molar-refractivity contribution in [3.05, 3.63) is 76.9 Å². The summed E-state index contributed by atoms with van der Waals surface area (Å²) in [5.74, 6) is -0.564. The van der Waals surface area contributed by atoms with Gasteiger partial charge in [-0.3, -0.25) is 4.79 Å². The van der Waals surface area contributed by atoms with Crippen LogP contribution in [0.1, 0.15) is 21.6 Å². The normalized spacial score (nSPS) is 11.8. The van der Waals surface area contributed by atoms with Crippen LogP contribution in [-0.2, 0) is 12.7 Å². The Morgan fingerprint density at radius 3 is 2.50 bits per heavy atom. The lowest BCUT2D eigenvalue weighted by Gasteiger charge is -2.09. The number of primary amides is 1. The molecule has 2 aromatic carbocycles. The number of nitrogens with zero attached hydrogens (tertiary/aromatic N) is 2. The molecule has 4 rings (SSSR count). The summed E-state index contributed by atoms with van der Waals surface area (Å²) < 4.78 is 40.1. The Labute approximate surface area is 162 Å². The van der Waals surface area contributed by atoms with Crippen molar-refractivity contribution in [2.75, 3.05) is 0 Å². The minimum Gasteiger partial charge on any atom is -0.364 e. The van der Waals surface area contributed by atoms with Crippen LogP contribution >= 0.6 is 11.3 Å². The first-order valence-corrected chi connectivity index (χ1v) is 9.20. The van der Waals surface area contributed by atoms with Crippen LogP contribution in [0.15, 0.2) is 60.1 Å². The highest BCUT2D eigenvalue weighted by Gasteiger charge is 2.29. The Balaban J connectivity index is 1.60. The molecule has 0 aliphatic carbocycles. The molecule has 0 fully saturated rings. The summed E-state index contributed by atoms with van der Waals surface area (Å²) in [5.41, 5.74) is 7.43. The third kappa shape index (κ3) is 3.50. The van der Waals surface area contributed by atoms with Crippen molar-refractivity contribution >= 4 is 28.1 Å². The first-order valence-electron chi connectivity index (χ1n) is 8.32. The average molecular weight is 401 g/mol. The molecule has 0 bridgehead atoms. The Kier molecular flexibility index (Phi) is 4.43. The predicted molar refractivity (Wildman–Crippen MR) is 102 cm³/mol. The van der Waals surface area contributed by atoms with Crippen LogP contribution in [0.5, 0.6) is 0 Å². The van der Waals surface area contributed by atoms with Crippen molar-refractivity contribution in [3.8, 4) is 10.6 Å². The highest BCUT2D eigenvalue weighted by atomic mass is 32.1. The molecule has 4 nitrogen and oxygen atoms in total. The number of benzene rings is 2. The van der Waals surface area contributed by atoms with E-state index in [0.717, 1.165) is 34.2 Å². The van der Waals surface area contributed by atoms with Gasteiger partial charge >= 0.3 is 6.18 Å². The average Bonchev–Trinajstić information content (AvgIpc) is 3.29. The van der Waals surface area contributed by atoms with Gasteiger partial charge in [0.25, 0.3) is 5.91 Å². The molecule has 2 aromatic heterocycles. The zero-order chi connectivity index (χ0) is 19.9. The number of hydrogen-bond donors (Lipinski definition) is 1. The standard InChI is InChI=1S/C20H14F3N3OS/c21-20(22,23)15-4-1-12(2-5-15)10-26-8-7-13-9-14(3-6-17(13)26)19-25-16(11-28-19)18(24)27/h1-9,11H,10H2,(H2,24,27). The lowest BCUT2D eigenvalue weighted by molar-refractivity contribution is -0.137. The quantitative estimate of drug-likeness (QED) is 0.527. The zero-order valence-corrected chi connectivity index (χ0v) is 15.2. The number of nitrogens with two attached hydrogens (primary N) is 1. The maximum Gasteiger partial charge on any atom is 0.416 e. The van der Waals surface area contributed by atoms with E-state index < -0.39 is 17.6 Å². The number of thiazole rings is 1. The Bertz CT molecular complexity index is 1160. The van der Waals surface area contributed by atoms with Crippen molar-refractivity contribution in [2.45, 2.75) is 12.7 Å². The van der Waals surface area contributed by atoms with E-state index in [1.165, 1.54) is 23.5 Å². The maximum atomic E-state index is 12.7. The van der Waals surface area contributed by atoms with E-state index in [1.54, 1.807) is 5.38 Å². The molecule has 8 heteroatoms. The van der Waals surface area contributed by atoms with E-state index in [4.69, 9.17) is 5.73 Å². The summed E-state index contributed by atoms with van der Waals surface area (Å²) >= 11 is 1.34. The van der Waals surface area contributed by atoms with E-state index in [1.807, 2.05) is 35.0 Å². The zero-order valence-electron chi connectivity index (χ0n) is 14.4. The first kappa shape index (κ1) is 18.2. The monoisotopic (exact) mass is 401 g/mol. The second kappa shape index (κ2) is 6.79. The fourth-order valence-electron chi connectivity index (χ4n) is 2.99. The molecule has 0 aliphatic rings. The van der Waals surface area contributed by atoms with Gasteiger partial charge in [-0.1, -0.05) is 12.1 Å². The molecule has 142 valence electrons. The number of aromatic nitrogens is 2. The Hall–Kier alpha value is -3.13. The molecule has 0 saturated carbocycles. The van der Waals surface area contributed by atoms with Gasteiger partial charge in [-0.25, -0.2) is 4.98 Å². The van der Waals surface area contributed by atoms with E-state index in [9.17, 15) is 18.0 Å². The number of fused-ring (bicyclic) bond motifs is 1. The van der Waals surface area contributed by atoms with Gasteiger partial charge in [0, 0.05) is 34.6 Å². The van der Waals surface area contributed by atoms with Gasteiger partial charge in [-0.05, 0) is 42.0 Å².